The number of nitrogens with one attached hydrogen (secondary N) is 1. The number of rotatable bonds is 4. The second kappa shape index (κ2) is 6.47. The van der Waals surface area contributed by atoms with Gasteiger partial charge in [0.2, 0.25) is 0 Å². The second-order valence-corrected chi connectivity index (χ2v) is 4.04. The van der Waals surface area contributed by atoms with Crippen LogP contribution in [0.1, 0.15) is 15.9 Å². The highest BCUT2D eigenvalue weighted by Gasteiger charge is 2.18. The number of pyridine rings is 1. The SMILES string of the molecule is O=C(Nc1cncc(F)c1C(=O)O)OCc1ccccc1. The van der Waals surface area contributed by atoms with Gasteiger partial charge in [-0.2, -0.15) is 0 Å². The first kappa shape index (κ1) is 14.4. The fourth-order valence-corrected chi connectivity index (χ4v) is 1.62. The quantitative estimate of drug-likeness (QED) is 0.903. The van der Waals surface area contributed by atoms with Gasteiger partial charge in [0.1, 0.15) is 12.2 Å². The van der Waals surface area contributed by atoms with Crippen molar-refractivity contribution in [3.05, 3.63) is 59.7 Å². The predicted octanol–water partition coefficient (Wildman–Crippen LogP) is 2.67. The molecule has 21 heavy (non-hydrogen) atoms. The Morgan fingerprint density at radius 3 is 2.62 bits per heavy atom. The number of benzene rings is 1. The fourth-order valence-electron chi connectivity index (χ4n) is 1.62. The standard InChI is InChI=1S/C14H11FN2O4/c15-10-6-16-7-11(12(10)13(18)19)17-14(20)21-8-9-4-2-1-3-5-9/h1-7H,8H2,(H,17,20)(H,18,19). The molecule has 2 N–H and O–H groups in total. The van der Waals surface area contributed by atoms with E-state index in [0.29, 0.717) is 0 Å². The topological polar surface area (TPSA) is 88.5 Å². The number of amides is 1. The highest BCUT2D eigenvalue weighted by molar-refractivity contribution is 5.98. The highest BCUT2D eigenvalue weighted by Crippen LogP contribution is 2.17. The smallest absolute Gasteiger partial charge is 0.412 e. The van der Waals surface area contributed by atoms with E-state index in [1.54, 1.807) is 24.3 Å². The number of anilines is 1. The number of carbonyl (C=O) groups excluding carboxylic acids is 1. The minimum absolute atomic E-state index is 0.0117. The minimum Gasteiger partial charge on any atom is -0.478 e. The second-order valence-electron chi connectivity index (χ2n) is 4.04. The van der Waals surface area contributed by atoms with E-state index in [1.165, 1.54) is 0 Å². The average Bonchev–Trinajstić information content (AvgIpc) is 2.46. The Kier molecular flexibility index (Phi) is 4.45. The number of carboxylic acids is 1. The van der Waals surface area contributed by atoms with Gasteiger partial charge in [-0.05, 0) is 5.56 Å². The first-order chi connectivity index (χ1) is 10.1. The molecule has 108 valence electrons. The van der Waals surface area contributed by atoms with E-state index in [-0.39, 0.29) is 12.3 Å². The Balaban J connectivity index is 2.03. The first-order valence-corrected chi connectivity index (χ1v) is 5.92. The van der Waals surface area contributed by atoms with E-state index >= 15 is 0 Å². The molecule has 0 fully saturated rings. The maximum atomic E-state index is 13.4. The average molecular weight is 290 g/mol. The van der Waals surface area contributed by atoms with Gasteiger partial charge in [0.25, 0.3) is 0 Å². The van der Waals surface area contributed by atoms with Crippen LogP contribution >= 0.6 is 0 Å². The van der Waals surface area contributed by atoms with Crippen LogP contribution in [0.3, 0.4) is 0 Å². The molecule has 0 aliphatic heterocycles. The van der Waals surface area contributed by atoms with Gasteiger partial charge in [0.15, 0.2) is 5.82 Å². The van der Waals surface area contributed by atoms with Gasteiger partial charge in [-0.3, -0.25) is 10.3 Å². The lowest BCUT2D eigenvalue weighted by Crippen LogP contribution is -2.17. The number of carbonyl (C=O) groups is 2. The number of hydrogen-bond acceptors (Lipinski definition) is 4. The van der Waals surface area contributed by atoms with E-state index in [4.69, 9.17) is 9.84 Å². The van der Waals surface area contributed by atoms with Crippen LogP contribution in [0.25, 0.3) is 0 Å². The zero-order valence-corrected chi connectivity index (χ0v) is 10.7. The number of aromatic nitrogens is 1. The molecule has 0 aliphatic rings. The lowest BCUT2D eigenvalue weighted by molar-refractivity contribution is 0.0693. The van der Waals surface area contributed by atoms with Gasteiger partial charge >= 0.3 is 12.1 Å². The van der Waals surface area contributed by atoms with E-state index < -0.39 is 23.4 Å². The Hall–Kier alpha value is -2.96. The third-order valence-corrected chi connectivity index (χ3v) is 2.56. The first-order valence-electron chi connectivity index (χ1n) is 5.92. The van der Waals surface area contributed by atoms with Crippen LogP contribution in [-0.4, -0.2) is 22.2 Å². The fraction of sp³-hybridized carbons (Fsp3) is 0.0714. The van der Waals surface area contributed by atoms with E-state index in [2.05, 4.69) is 10.3 Å². The highest BCUT2D eigenvalue weighted by atomic mass is 19.1. The lowest BCUT2D eigenvalue weighted by atomic mass is 10.2. The maximum absolute atomic E-state index is 13.4. The molecule has 2 aromatic rings. The largest absolute Gasteiger partial charge is 0.478 e. The summed E-state index contributed by atoms with van der Waals surface area (Å²) < 4.78 is 18.3. The van der Waals surface area contributed by atoms with Crippen LogP contribution in [0.5, 0.6) is 0 Å². The van der Waals surface area contributed by atoms with Gasteiger partial charge < -0.3 is 9.84 Å². The molecule has 6 nitrogen and oxygen atoms in total. The van der Waals surface area contributed by atoms with Crippen LogP contribution in [0.15, 0.2) is 42.7 Å². The molecule has 0 atom stereocenters. The van der Waals surface area contributed by atoms with Crippen molar-refractivity contribution in [3.63, 3.8) is 0 Å². The molecular weight excluding hydrogens is 279 g/mol. The summed E-state index contributed by atoms with van der Waals surface area (Å²) in [5.41, 5.74) is -0.161. The van der Waals surface area contributed by atoms with E-state index in [1.807, 2.05) is 6.07 Å². The van der Waals surface area contributed by atoms with Crippen LogP contribution < -0.4 is 5.32 Å². The number of hydrogen-bond donors (Lipinski definition) is 2. The minimum atomic E-state index is -1.51. The number of aromatic carboxylic acids is 1. The van der Waals surface area contributed by atoms with Gasteiger partial charge in [0, 0.05) is 0 Å². The van der Waals surface area contributed by atoms with Crippen LogP contribution in [-0.2, 0) is 11.3 Å². The van der Waals surface area contributed by atoms with Crippen molar-refractivity contribution in [2.75, 3.05) is 5.32 Å². The summed E-state index contributed by atoms with van der Waals surface area (Å²) in [6.45, 7) is 0.0117. The maximum Gasteiger partial charge on any atom is 0.412 e. The van der Waals surface area contributed by atoms with E-state index in [0.717, 1.165) is 18.0 Å². The van der Waals surface area contributed by atoms with Crippen molar-refractivity contribution in [2.24, 2.45) is 0 Å². The zero-order chi connectivity index (χ0) is 15.2. The molecule has 0 bridgehead atoms. The molecule has 1 aromatic heterocycles. The van der Waals surface area contributed by atoms with Gasteiger partial charge in [-0.1, -0.05) is 30.3 Å². The van der Waals surface area contributed by atoms with E-state index in [9.17, 15) is 14.0 Å². The molecule has 1 heterocycles. The Morgan fingerprint density at radius 1 is 1.24 bits per heavy atom. The van der Waals surface area contributed by atoms with Crippen molar-refractivity contribution < 1.29 is 23.8 Å². The van der Waals surface area contributed by atoms with Crippen LogP contribution in [0, 0.1) is 5.82 Å². The Bertz CT molecular complexity index is 661. The molecule has 2 rings (SSSR count). The Labute approximate surface area is 119 Å². The molecule has 0 saturated carbocycles. The molecule has 0 saturated heterocycles. The number of halogens is 1. The molecule has 0 unspecified atom stereocenters. The van der Waals surface area contributed by atoms with Crippen molar-refractivity contribution >= 4 is 17.7 Å². The van der Waals surface area contributed by atoms with Gasteiger partial charge in [-0.15, -0.1) is 0 Å². The van der Waals surface area contributed by atoms with Gasteiger partial charge in [-0.25, -0.2) is 14.0 Å². The molecule has 1 aromatic carbocycles. The summed E-state index contributed by atoms with van der Waals surface area (Å²) in [5, 5.41) is 11.1. The number of carboxylic acid groups (broad SMARTS) is 1. The zero-order valence-electron chi connectivity index (χ0n) is 10.7. The molecule has 7 heteroatoms. The summed E-state index contributed by atoms with van der Waals surface area (Å²) >= 11 is 0. The molecule has 1 amide bonds. The summed E-state index contributed by atoms with van der Waals surface area (Å²) in [7, 11) is 0. The Morgan fingerprint density at radius 2 is 1.95 bits per heavy atom. The summed E-state index contributed by atoms with van der Waals surface area (Å²) in [5.74, 6) is -2.54. The summed E-state index contributed by atoms with van der Waals surface area (Å²) in [6, 6.07) is 8.92. The van der Waals surface area contributed by atoms with Crippen molar-refractivity contribution in [1.82, 2.24) is 4.98 Å². The van der Waals surface area contributed by atoms with Crippen LogP contribution in [0.4, 0.5) is 14.9 Å². The van der Waals surface area contributed by atoms with Gasteiger partial charge in [0.05, 0.1) is 18.1 Å². The normalized spacial score (nSPS) is 9.95. The number of nitrogens with zero attached hydrogens (tertiary/aromatic N) is 1. The summed E-state index contributed by atoms with van der Waals surface area (Å²) in [4.78, 5) is 26.0. The van der Waals surface area contributed by atoms with Crippen molar-refractivity contribution in [2.45, 2.75) is 6.61 Å². The number of ether oxygens (including phenoxy) is 1. The molecule has 0 spiro atoms. The third-order valence-electron chi connectivity index (χ3n) is 2.56. The third kappa shape index (κ3) is 3.75. The monoisotopic (exact) mass is 290 g/mol. The van der Waals surface area contributed by atoms with Crippen LogP contribution in [0.2, 0.25) is 0 Å². The molecule has 0 aliphatic carbocycles. The predicted molar refractivity (Wildman–Crippen MR) is 71.4 cm³/mol. The van der Waals surface area contributed by atoms with Crippen molar-refractivity contribution in [3.8, 4) is 0 Å². The molecular formula is C14H11FN2O4. The molecule has 0 radical (unpaired) electrons. The van der Waals surface area contributed by atoms with Crippen molar-refractivity contribution in [1.29, 1.82) is 0 Å². The lowest BCUT2D eigenvalue weighted by Gasteiger charge is -2.09. The summed E-state index contributed by atoms with van der Waals surface area (Å²) in [6.07, 6.45) is 0.897.